The van der Waals surface area contributed by atoms with Gasteiger partial charge in [0.05, 0.1) is 23.3 Å². The highest BCUT2D eigenvalue weighted by molar-refractivity contribution is 5.94. The molecule has 5 rings (SSSR count). The fourth-order valence-electron chi connectivity index (χ4n) is 3.59. The number of nitrogens with one attached hydrogen (secondary N) is 2. The minimum Gasteiger partial charge on any atom is -0.463 e. The lowest BCUT2D eigenvalue weighted by molar-refractivity contribution is 0.0949. The highest BCUT2D eigenvalue weighted by Gasteiger charge is 2.16. The summed E-state index contributed by atoms with van der Waals surface area (Å²) in [7, 11) is 0. The average molecular weight is 436 g/mol. The van der Waals surface area contributed by atoms with Crippen molar-refractivity contribution >= 4 is 5.91 Å². The van der Waals surface area contributed by atoms with Gasteiger partial charge in [-0.1, -0.05) is 48.5 Å². The second kappa shape index (κ2) is 8.84. The zero-order valence-corrected chi connectivity index (χ0v) is 17.6. The molecule has 3 aromatic heterocycles. The number of hydrogen-bond acceptors (Lipinski definition) is 4. The van der Waals surface area contributed by atoms with Gasteiger partial charge in [-0.3, -0.25) is 9.59 Å². The number of carbonyl (C=O) groups excluding carboxylic acids is 1. The lowest BCUT2D eigenvalue weighted by atomic mass is 10.1. The molecule has 7 heteroatoms. The van der Waals surface area contributed by atoms with Crippen molar-refractivity contribution in [2.75, 3.05) is 0 Å². The molecule has 2 aromatic carbocycles. The third-order valence-electron chi connectivity index (χ3n) is 5.24. The summed E-state index contributed by atoms with van der Waals surface area (Å²) < 4.78 is 7.08. The lowest BCUT2D eigenvalue weighted by Gasteiger charge is -2.06. The maximum absolute atomic E-state index is 12.8. The fraction of sp³-hybridized carbons (Fsp3) is 0.0385. The molecule has 5 aromatic rings. The second-order valence-electron chi connectivity index (χ2n) is 7.42. The van der Waals surface area contributed by atoms with E-state index >= 15 is 0 Å². The van der Waals surface area contributed by atoms with Gasteiger partial charge in [-0.2, -0.15) is 5.10 Å². The SMILES string of the molecule is O=C(NCc1cn(-c2ccccc2)nc1-c1ccccc1)c1ccc(-c2ccco2)[nH]c1=O. The molecule has 0 aliphatic carbocycles. The molecule has 0 radical (unpaired) electrons. The Morgan fingerprint density at radius 1 is 0.939 bits per heavy atom. The van der Waals surface area contributed by atoms with Crippen molar-refractivity contribution < 1.29 is 9.21 Å². The number of nitrogens with zero attached hydrogens (tertiary/aromatic N) is 2. The molecule has 0 saturated carbocycles. The topological polar surface area (TPSA) is 92.9 Å². The molecule has 0 unspecified atom stereocenters. The maximum atomic E-state index is 12.8. The number of aromatic nitrogens is 3. The first-order valence-electron chi connectivity index (χ1n) is 10.4. The van der Waals surface area contributed by atoms with E-state index in [1.54, 1.807) is 22.9 Å². The monoisotopic (exact) mass is 436 g/mol. The number of para-hydroxylation sites is 1. The Morgan fingerprint density at radius 3 is 2.39 bits per heavy atom. The van der Waals surface area contributed by atoms with Crippen LogP contribution in [0.4, 0.5) is 0 Å². The predicted octanol–water partition coefficient (Wildman–Crippen LogP) is 4.42. The Labute approximate surface area is 189 Å². The number of hydrogen-bond donors (Lipinski definition) is 2. The van der Waals surface area contributed by atoms with Gasteiger partial charge in [-0.25, -0.2) is 4.68 Å². The van der Waals surface area contributed by atoms with Crippen LogP contribution in [-0.2, 0) is 6.54 Å². The van der Waals surface area contributed by atoms with Gasteiger partial charge in [0.25, 0.3) is 11.5 Å². The Hall–Kier alpha value is -4.65. The van der Waals surface area contributed by atoms with Crippen LogP contribution in [-0.4, -0.2) is 20.7 Å². The van der Waals surface area contributed by atoms with Crippen molar-refractivity contribution in [3.05, 3.63) is 119 Å². The van der Waals surface area contributed by atoms with E-state index in [9.17, 15) is 9.59 Å². The summed E-state index contributed by atoms with van der Waals surface area (Å²) in [5.41, 5.74) is 3.52. The van der Waals surface area contributed by atoms with Gasteiger partial charge in [0.2, 0.25) is 0 Å². The second-order valence-corrected chi connectivity index (χ2v) is 7.42. The molecule has 0 fully saturated rings. The van der Waals surface area contributed by atoms with Crippen molar-refractivity contribution in [3.63, 3.8) is 0 Å². The van der Waals surface area contributed by atoms with E-state index in [4.69, 9.17) is 9.52 Å². The molecule has 3 heterocycles. The van der Waals surface area contributed by atoms with E-state index in [1.165, 1.54) is 12.3 Å². The van der Waals surface area contributed by atoms with Crippen LogP contribution in [0.5, 0.6) is 0 Å². The van der Waals surface area contributed by atoms with Gasteiger partial charge >= 0.3 is 0 Å². The molecule has 0 aliphatic rings. The molecule has 0 atom stereocenters. The smallest absolute Gasteiger partial charge is 0.261 e. The summed E-state index contributed by atoms with van der Waals surface area (Å²) >= 11 is 0. The molecule has 1 amide bonds. The van der Waals surface area contributed by atoms with E-state index in [-0.39, 0.29) is 12.1 Å². The highest BCUT2D eigenvalue weighted by atomic mass is 16.3. The van der Waals surface area contributed by atoms with E-state index in [0.29, 0.717) is 11.5 Å². The zero-order valence-electron chi connectivity index (χ0n) is 17.6. The van der Waals surface area contributed by atoms with Crippen LogP contribution in [0.15, 0.2) is 107 Å². The molecular weight excluding hydrogens is 416 g/mol. The molecule has 33 heavy (non-hydrogen) atoms. The number of rotatable bonds is 6. The molecule has 0 bridgehead atoms. The van der Waals surface area contributed by atoms with Crippen LogP contribution in [0.1, 0.15) is 15.9 Å². The van der Waals surface area contributed by atoms with Crippen LogP contribution in [0, 0.1) is 0 Å². The average Bonchev–Trinajstić information content (AvgIpc) is 3.54. The molecule has 0 spiro atoms. The molecule has 7 nitrogen and oxygen atoms in total. The van der Waals surface area contributed by atoms with Crippen molar-refractivity contribution in [2.45, 2.75) is 6.54 Å². The summed E-state index contributed by atoms with van der Waals surface area (Å²) in [6.07, 6.45) is 3.41. The van der Waals surface area contributed by atoms with Crippen LogP contribution >= 0.6 is 0 Å². The van der Waals surface area contributed by atoms with Crippen molar-refractivity contribution in [2.24, 2.45) is 0 Å². The summed E-state index contributed by atoms with van der Waals surface area (Å²) in [6.45, 7) is 0.218. The van der Waals surface area contributed by atoms with Crippen molar-refractivity contribution in [3.8, 4) is 28.4 Å². The Morgan fingerprint density at radius 2 is 1.70 bits per heavy atom. The summed E-state index contributed by atoms with van der Waals surface area (Å²) in [5.74, 6) is 0.0635. The third-order valence-corrected chi connectivity index (χ3v) is 5.24. The lowest BCUT2D eigenvalue weighted by Crippen LogP contribution is -2.29. The highest BCUT2D eigenvalue weighted by Crippen LogP contribution is 2.23. The Kier molecular flexibility index (Phi) is 5.43. The van der Waals surface area contributed by atoms with Gasteiger partial charge in [0.15, 0.2) is 0 Å². The minimum absolute atomic E-state index is 0.0296. The standard InChI is InChI=1S/C26H20N4O3/c31-25(21-13-14-22(28-26(21)32)23-12-7-15-33-23)27-16-19-17-30(20-10-5-2-6-11-20)29-24(19)18-8-3-1-4-9-18/h1-15,17H,16H2,(H,27,31)(H,28,32). The zero-order chi connectivity index (χ0) is 22.6. The number of aromatic amines is 1. The quantitative estimate of drug-likeness (QED) is 0.412. The summed E-state index contributed by atoms with van der Waals surface area (Å²) in [4.78, 5) is 28.0. The number of carbonyl (C=O) groups is 1. The van der Waals surface area contributed by atoms with E-state index in [1.807, 2.05) is 66.9 Å². The maximum Gasteiger partial charge on any atom is 0.261 e. The molecule has 0 saturated heterocycles. The first-order valence-corrected chi connectivity index (χ1v) is 10.4. The van der Waals surface area contributed by atoms with Crippen molar-refractivity contribution in [1.29, 1.82) is 0 Å². The Bertz CT molecular complexity index is 1440. The molecular formula is C26H20N4O3. The van der Waals surface area contributed by atoms with Crippen LogP contribution < -0.4 is 10.9 Å². The fourth-order valence-corrected chi connectivity index (χ4v) is 3.59. The molecule has 2 N–H and O–H groups in total. The van der Waals surface area contributed by atoms with E-state index in [0.717, 1.165) is 22.5 Å². The van der Waals surface area contributed by atoms with Crippen LogP contribution in [0.3, 0.4) is 0 Å². The third kappa shape index (κ3) is 4.24. The van der Waals surface area contributed by atoms with Gasteiger partial charge in [-0.05, 0) is 36.4 Å². The van der Waals surface area contributed by atoms with E-state index in [2.05, 4.69) is 10.3 Å². The van der Waals surface area contributed by atoms with Crippen molar-refractivity contribution in [1.82, 2.24) is 20.1 Å². The summed E-state index contributed by atoms with van der Waals surface area (Å²) in [5, 5.41) is 7.60. The van der Waals surface area contributed by atoms with E-state index < -0.39 is 11.5 Å². The predicted molar refractivity (Wildman–Crippen MR) is 125 cm³/mol. The Balaban J connectivity index is 1.40. The van der Waals surface area contributed by atoms with Crippen LogP contribution in [0.25, 0.3) is 28.4 Å². The van der Waals surface area contributed by atoms with Crippen LogP contribution in [0.2, 0.25) is 0 Å². The van der Waals surface area contributed by atoms with Gasteiger partial charge in [0.1, 0.15) is 11.3 Å². The first-order chi connectivity index (χ1) is 16.2. The minimum atomic E-state index is -0.482. The molecule has 162 valence electrons. The normalized spacial score (nSPS) is 10.8. The van der Waals surface area contributed by atoms with Gasteiger partial charge in [0, 0.05) is 23.9 Å². The summed E-state index contributed by atoms with van der Waals surface area (Å²) in [6, 6.07) is 26.1. The largest absolute Gasteiger partial charge is 0.463 e. The number of pyridine rings is 1. The number of H-pyrrole nitrogens is 1. The molecule has 0 aliphatic heterocycles. The number of benzene rings is 2. The van der Waals surface area contributed by atoms with Gasteiger partial charge < -0.3 is 14.7 Å². The number of amides is 1. The first kappa shape index (κ1) is 20.3. The van der Waals surface area contributed by atoms with Gasteiger partial charge in [-0.15, -0.1) is 0 Å². The number of furan rings is 1.